The molecule has 0 bridgehead atoms. The Morgan fingerprint density at radius 3 is 2.27 bits per heavy atom. The zero-order valence-electron chi connectivity index (χ0n) is 10.4. The third-order valence-corrected chi connectivity index (χ3v) is 2.54. The Morgan fingerprint density at radius 1 is 1.33 bits per heavy atom. The number of hydrogen-bond acceptors (Lipinski definition) is 2. The van der Waals surface area contributed by atoms with Crippen LogP contribution in [0.2, 0.25) is 0 Å². The van der Waals surface area contributed by atoms with E-state index in [4.69, 9.17) is 11.6 Å². The molecule has 0 aromatic rings. The minimum Gasteiger partial charge on any atom is -0.353 e. The van der Waals surface area contributed by atoms with Gasteiger partial charge >= 0.3 is 0 Å². The molecule has 0 aromatic carbocycles. The third kappa shape index (κ3) is 6.74. The van der Waals surface area contributed by atoms with Gasteiger partial charge in [0.25, 0.3) is 0 Å². The van der Waals surface area contributed by atoms with Crippen molar-refractivity contribution >= 4 is 17.5 Å². The van der Waals surface area contributed by atoms with Gasteiger partial charge in [-0.05, 0) is 26.8 Å². The van der Waals surface area contributed by atoms with Crippen LogP contribution in [0.3, 0.4) is 0 Å². The zero-order valence-corrected chi connectivity index (χ0v) is 11.1. The fraction of sp³-hybridized carbons (Fsp3) is 0.909. The van der Waals surface area contributed by atoms with Crippen molar-refractivity contribution in [2.45, 2.75) is 39.1 Å². The topological polar surface area (TPSA) is 32.3 Å². The lowest BCUT2D eigenvalue weighted by Gasteiger charge is -2.26. The van der Waals surface area contributed by atoms with Gasteiger partial charge in [0.1, 0.15) is 5.38 Å². The quantitative estimate of drug-likeness (QED) is 0.710. The summed E-state index contributed by atoms with van der Waals surface area (Å²) < 4.78 is 0. The number of amides is 1. The van der Waals surface area contributed by atoms with Gasteiger partial charge in [0.2, 0.25) is 5.91 Å². The zero-order chi connectivity index (χ0) is 12.0. The lowest BCUT2D eigenvalue weighted by atomic mass is 10.2. The molecule has 2 atom stereocenters. The summed E-state index contributed by atoms with van der Waals surface area (Å²) in [5, 5.41) is 2.37. The maximum absolute atomic E-state index is 11.2. The highest BCUT2D eigenvalue weighted by Gasteiger charge is 2.13. The van der Waals surface area contributed by atoms with Crippen molar-refractivity contribution in [1.82, 2.24) is 10.2 Å². The Bertz CT molecular complexity index is 195. The minimum absolute atomic E-state index is 0.0959. The monoisotopic (exact) mass is 234 g/mol. The summed E-state index contributed by atoms with van der Waals surface area (Å²) in [4.78, 5) is 13.5. The lowest BCUT2D eigenvalue weighted by Crippen LogP contribution is -2.43. The van der Waals surface area contributed by atoms with Crippen molar-refractivity contribution in [3.8, 4) is 0 Å². The molecule has 3 nitrogen and oxygen atoms in total. The molecule has 0 radical (unpaired) electrons. The second kappa shape index (κ2) is 7.07. The molecule has 0 aliphatic rings. The average molecular weight is 235 g/mol. The molecule has 0 aliphatic heterocycles. The van der Waals surface area contributed by atoms with Gasteiger partial charge in [-0.2, -0.15) is 0 Å². The van der Waals surface area contributed by atoms with E-state index >= 15 is 0 Å². The maximum Gasteiger partial charge on any atom is 0.237 e. The third-order valence-electron chi connectivity index (χ3n) is 2.34. The summed E-state index contributed by atoms with van der Waals surface area (Å²) >= 11 is 5.65. The van der Waals surface area contributed by atoms with Crippen molar-refractivity contribution in [3.05, 3.63) is 0 Å². The molecule has 0 aromatic heterocycles. The first kappa shape index (κ1) is 14.7. The number of alkyl halides is 1. The van der Waals surface area contributed by atoms with Gasteiger partial charge in [0.15, 0.2) is 0 Å². The Morgan fingerprint density at radius 2 is 1.87 bits per heavy atom. The van der Waals surface area contributed by atoms with Crippen molar-refractivity contribution in [2.75, 3.05) is 20.1 Å². The molecule has 1 amide bonds. The van der Waals surface area contributed by atoms with E-state index in [0.717, 1.165) is 6.54 Å². The largest absolute Gasteiger partial charge is 0.353 e. The Kier molecular flexibility index (Phi) is 6.94. The number of carbonyl (C=O) groups excluding carboxylic acids is 1. The molecule has 0 heterocycles. The highest BCUT2D eigenvalue weighted by Crippen LogP contribution is 2.01. The molecule has 0 saturated carbocycles. The van der Waals surface area contributed by atoms with Gasteiger partial charge in [-0.25, -0.2) is 0 Å². The van der Waals surface area contributed by atoms with Crippen LogP contribution in [0.1, 0.15) is 27.7 Å². The average Bonchev–Trinajstić information content (AvgIpc) is 2.12. The summed E-state index contributed by atoms with van der Waals surface area (Å²) in [6, 6.07) is 0.340. The van der Waals surface area contributed by atoms with Crippen LogP contribution in [-0.2, 0) is 4.79 Å². The molecular weight excluding hydrogens is 212 g/mol. The predicted octanol–water partition coefficient (Wildman–Crippen LogP) is 1.71. The molecule has 0 spiro atoms. The predicted molar refractivity (Wildman–Crippen MR) is 65.3 cm³/mol. The van der Waals surface area contributed by atoms with Crippen molar-refractivity contribution < 1.29 is 4.79 Å². The van der Waals surface area contributed by atoms with Crippen LogP contribution in [-0.4, -0.2) is 42.4 Å². The van der Waals surface area contributed by atoms with Crippen molar-refractivity contribution in [3.63, 3.8) is 0 Å². The van der Waals surface area contributed by atoms with Gasteiger partial charge < -0.3 is 10.2 Å². The van der Waals surface area contributed by atoms with E-state index in [1.807, 2.05) is 0 Å². The fourth-order valence-electron chi connectivity index (χ4n) is 1.30. The van der Waals surface area contributed by atoms with Gasteiger partial charge in [0.05, 0.1) is 0 Å². The maximum atomic E-state index is 11.2. The van der Waals surface area contributed by atoms with E-state index in [2.05, 4.69) is 38.0 Å². The van der Waals surface area contributed by atoms with Crippen molar-refractivity contribution in [2.24, 2.45) is 5.92 Å². The first-order valence-corrected chi connectivity index (χ1v) is 5.90. The second-order valence-corrected chi connectivity index (χ2v) is 5.20. The highest BCUT2D eigenvalue weighted by molar-refractivity contribution is 6.30. The summed E-state index contributed by atoms with van der Waals surface area (Å²) in [5.74, 6) is 0.543. The smallest absolute Gasteiger partial charge is 0.237 e. The Balaban J connectivity index is 3.82. The molecule has 15 heavy (non-hydrogen) atoms. The Hall–Kier alpha value is -0.280. The number of hydrogen-bond donors (Lipinski definition) is 1. The SMILES string of the molecule is CC(C)CN(C)C(C)CNC(=O)C(C)Cl. The van der Waals surface area contributed by atoms with E-state index in [1.165, 1.54) is 0 Å². The lowest BCUT2D eigenvalue weighted by molar-refractivity contribution is -0.120. The molecule has 1 N–H and O–H groups in total. The van der Waals surface area contributed by atoms with Gasteiger partial charge in [-0.15, -0.1) is 11.6 Å². The van der Waals surface area contributed by atoms with Crippen LogP contribution in [0, 0.1) is 5.92 Å². The van der Waals surface area contributed by atoms with E-state index in [-0.39, 0.29) is 5.91 Å². The summed E-state index contributed by atoms with van der Waals surface area (Å²) in [6.45, 7) is 9.83. The normalized spacial score (nSPS) is 15.5. The molecular formula is C11H23ClN2O. The van der Waals surface area contributed by atoms with Gasteiger partial charge in [-0.1, -0.05) is 13.8 Å². The molecule has 0 rings (SSSR count). The van der Waals surface area contributed by atoms with E-state index in [0.29, 0.717) is 18.5 Å². The minimum atomic E-state index is -0.451. The van der Waals surface area contributed by atoms with Crippen LogP contribution in [0.25, 0.3) is 0 Å². The number of halogens is 1. The standard InChI is InChI=1S/C11H23ClN2O/c1-8(2)7-14(5)9(3)6-13-11(15)10(4)12/h8-10H,6-7H2,1-5H3,(H,13,15). The first-order valence-electron chi connectivity index (χ1n) is 5.46. The van der Waals surface area contributed by atoms with E-state index in [9.17, 15) is 4.79 Å². The van der Waals surface area contributed by atoms with Crippen LogP contribution in [0.4, 0.5) is 0 Å². The van der Waals surface area contributed by atoms with E-state index in [1.54, 1.807) is 6.92 Å². The summed E-state index contributed by atoms with van der Waals surface area (Å²) in [7, 11) is 2.07. The number of nitrogens with one attached hydrogen (secondary N) is 1. The number of likely N-dealkylation sites (N-methyl/N-ethyl adjacent to an activating group) is 1. The van der Waals surface area contributed by atoms with Crippen LogP contribution in [0.15, 0.2) is 0 Å². The summed E-state index contributed by atoms with van der Waals surface area (Å²) in [6.07, 6.45) is 0. The van der Waals surface area contributed by atoms with Gasteiger partial charge in [0, 0.05) is 19.1 Å². The summed E-state index contributed by atoms with van der Waals surface area (Å²) in [5.41, 5.74) is 0. The number of carbonyl (C=O) groups is 1. The molecule has 2 unspecified atom stereocenters. The van der Waals surface area contributed by atoms with E-state index < -0.39 is 5.38 Å². The molecule has 0 aliphatic carbocycles. The van der Waals surface area contributed by atoms with Crippen LogP contribution in [0.5, 0.6) is 0 Å². The van der Waals surface area contributed by atoms with Crippen molar-refractivity contribution in [1.29, 1.82) is 0 Å². The van der Waals surface area contributed by atoms with Crippen LogP contribution >= 0.6 is 11.6 Å². The number of nitrogens with zero attached hydrogens (tertiary/aromatic N) is 1. The second-order valence-electron chi connectivity index (χ2n) is 4.54. The molecule has 90 valence electrons. The first-order chi connectivity index (χ1) is 6.84. The molecule has 0 saturated heterocycles. The van der Waals surface area contributed by atoms with Gasteiger partial charge in [-0.3, -0.25) is 4.79 Å². The number of rotatable bonds is 6. The Labute approximate surface area is 98.2 Å². The molecule has 4 heteroatoms. The highest BCUT2D eigenvalue weighted by atomic mass is 35.5. The fourth-order valence-corrected chi connectivity index (χ4v) is 1.38. The molecule has 0 fully saturated rings. The van der Waals surface area contributed by atoms with Crippen LogP contribution < -0.4 is 5.32 Å².